The normalized spacial score (nSPS) is 12.5. The van der Waals surface area contributed by atoms with Crippen LogP contribution < -0.4 is 0 Å². The minimum absolute atomic E-state index is 0.660. The lowest BCUT2D eigenvalue weighted by Crippen LogP contribution is -1.87. The van der Waals surface area contributed by atoms with Gasteiger partial charge in [-0.25, -0.2) is 4.98 Å². The van der Waals surface area contributed by atoms with Crippen molar-refractivity contribution in [1.29, 1.82) is 0 Å². The van der Waals surface area contributed by atoms with Gasteiger partial charge >= 0.3 is 0 Å². The molecule has 0 bridgehead atoms. The molecule has 0 fully saturated rings. The fourth-order valence-electron chi connectivity index (χ4n) is 1.90. The Morgan fingerprint density at radius 2 is 2.26 bits per heavy atom. The van der Waals surface area contributed by atoms with Crippen molar-refractivity contribution in [2.75, 3.05) is 0 Å². The van der Waals surface area contributed by atoms with Crippen LogP contribution in [0.1, 0.15) is 19.4 Å². The van der Waals surface area contributed by atoms with Crippen LogP contribution >= 0.6 is 11.6 Å². The SMILES string of the molecule is C=C(C)/C=C\C(=C/C)Cc1c[nH]c2ncc(Cl)cc12. The van der Waals surface area contributed by atoms with E-state index in [4.69, 9.17) is 11.6 Å². The minimum atomic E-state index is 0.660. The summed E-state index contributed by atoms with van der Waals surface area (Å²) in [5.74, 6) is 0. The van der Waals surface area contributed by atoms with Gasteiger partial charge in [0.25, 0.3) is 0 Å². The first-order valence-electron chi connectivity index (χ1n) is 6.20. The molecule has 0 atom stereocenters. The summed E-state index contributed by atoms with van der Waals surface area (Å²) in [5, 5.41) is 1.74. The van der Waals surface area contributed by atoms with E-state index < -0.39 is 0 Å². The molecule has 0 aliphatic carbocycles. The van der Waals surface area contributed by atoms with E-state index in [9.17, 15) is 0 Å². The molecule has 2 aromatic rings. The Morgan fingerprint density at radius 3 is 2.95 bits per heavy atom. The molecule has 1 N–H and O–H groups in total. The number of rotatable bonds is 4. The number of aromatic amines is 1. The molecule has 0 amide bonds. The van der Waals surface area contributed by atoms with Crippen molar-refractivity contribution in [2.24, 2.45) is 0 Å². The van der Waals surface area contributed by atoms with Crippen LogP contribution in [0.3, 0.4) is 0 Å². The topological polar surface area (TPSA) is 28.7 Å². The highest BCUT2D eigenvalue weighted by Gasteiger charge is 2.06. The smallest absolute Gasteiger partial charge is 0.137 e. The third-order valence-electron chi connectivity index (χ3n) is 2.93. The molecular formula is C16H17ClN2. The maximum absolute atomic E-state index is 6.00. The largest absolute Gasteiger partial charge is 0.346 e. The zero-order chi connectivity index (χ0) is 13.8. The maximum atomic E-state index is 6.00. The lowest BCUT2D eigenvalue weighted by atomic mass is 10.0. The first kappa shape index (κ1) is 13.6. The van der Waals surface area contributed by atoms with Gasteiger partial charge in [0.05, 0.1) is 5.02 Å². The van der Waals surface area contributed by atoms with Crippen molar-refractivity contribution >= 4 is 22.6 Å². The number of allylic oxidation sites excluding steroid dienone is 5. The minimum Gasteiger partial charge on any atom is -0.346 e. The van der Waals surface area contributed by atoms with Crippen LogP contribution in [-0.2, 0) is 6.42 Å². The van der Waals surface area contributed by atoms with E-state index in [1.54, 1.807) is 6.20 Å². The fraction of sp³-hybridized carbons (Fsp3) is 0.188. The van der Waals surface area contributed by atoms with E-state index in [-0.39, 0.29) is 0 Å². The fourth-order valence-corrected chi connectivity index (χ4v) is 2.06. The summed E-state index contributed by atoms with van der Waals surface area (Å²) in [6, 6.07) is 1.95. The Hall–Kier alpha value is -1.80. The average Bonchev–Trinajstić information content (AvgIpc) is 2.76. The standard InChI is InChI=1S/C16H17ClN2/c1-4-12(6-5-11(2)3)7-13-9-18-16-15(13)8-14(17)10-19-16/h4-6,8-10H,2,7H2,1,3H3,(H,18,19)/b6-5-,12-4+. The summed E-state index contributed by atoms with van der Waals surface area (Å²) in [6.45, 7) is 7.90. The highest BCUT2D eigenvalue weighted by Crippen LogP contribution is 2.22. The molecule has 0 saturated heterocycles. The second-order valence-electron chi connectivity index (χ2n) is 4.58. The zero-order valence-corrected chi connectivity index (χ0v) is 12.0. The number of pyridine rings is 1. The second kappa shape index (κ2) is 5.89. The molecule has 98 valence electrons. The van der Waals surface area contributed by atoms with E-state index >= 15 is 0 Å². The molecule has 2 aromatic heterocycles. The number of fused-ring (bicyclic) bond motifs is 1. The molecule has 3 heteroatoms. The van der Waals surface area contributed by atoms with E-state index in [0.717, 1.165) is 23.0 Å². The van der Waals surface area contributed by atoms with Crippen molar-refractivity contribution in [2.45, 2.75) is 20.3 Å². The Balaban J connectivity index is 2.30. The Kier molecular flexibility index (Phi) is 4.23. The molecular weight excluding hydrogens is 256 g/mol. The average molecular weight is 273 g/mol. The summed E-state index contributed by atoms with van der Waals surface area (Å²) in [5.41, 5.74) is 4.36. The zero-order valence-electron chi connectivity index (χ0n) is 11.2. The number of nitrogens with zero attached hydrogens (tertiary/aromatic N) is 1. The van der Waals surface area contributed by atoms with Crippen LogP contribution in [0.5, 0.6) is 0 Å². The lowest BCUT2D eigenvalue weighted by Gasteiger charge is -2.01. The van der Waals surface area contributed by atoms with Gasteiger partial charge in [0.2, 0.25) is 0 Å². The molecule has 0 aromatic carbocycles. The maximum Gasteiger partial charge on any atom is 0.137 e. The van der Waals surface area contributed by atoms with Crippen LogP contribution in [0.2, 0.25) is 5.02 Å². The Labute approximate surface area is 118 Å². The highest BCUT2D eigenvalue weighted by molar-refractivity contribution is 6.31. The van der Waals surface area contributed by atoms with E-state index in [1.165, 1.54) is 11.1 Å². The van der Waals surface area contributed by atoms with Gasteiger partial charge < -0.3 is 4.98 Å². The van der Waals surface area contributed by atoms with Crippen molar-refractivity contribution in [3.05, 3.63) is 65.0 Å². The van der Waals surface area contributed by atoms with Crippen molar-refractivity contribution < 1.29 is 0 Å². The van der Waals surface area contributed by atoms with Crippen LogP contribution in [-0.4, -0.2) is 9.97 Å². The number of hydrogen-bond acceptors (Lipinski definition) is 1. The van der Waals surface area contributed by atoms with Gasteiger partial charge in [-0.05, 0) is 37.5 Å². The molecule has 0 radical (unpaired) electrons. The highest BCUT2D eigenvalue weighted by atomic mass is 35.5. The van der Waals surface area contributed by atoms with Crippen molar-refractivity contribution in [3.8, 4) is 0 Å². The molecule has 2 heterocycles. The monoisotopic (exact) mass is 272 g/mol. The molecule has 2 nitrogen and oxygen atoms in total. The molecule has 0 unspecified atom stereocenters. The third kappa shape index (κ3) is 3.36. The van der Waals surface area contributed by atoms with Gasteiger partial charge in [0.15, 0.2) is 0 Å². The number of aromatic nitrogens is 2. The van der Waals surface area contributed by atoms with Gasteiger partial charge in [-0.3, -0.25) is 0 Å². The van der Waals surface area contributed by atoms with E-state index in [0.29, 0.717) is 5.02 Å². The molecule has 0 aliphatic rings. The summed E-state index contributed by atoms with van der Waals surface area (Å²) in [4.78, 5) is 7.44. The van der Waals surface area contributed by atoms with E-state index in [1.807, 2.05) is 32.2 Å². The molecule has 0 saturated carbocycles. The molecule has 19 heavy (non-hydrogen) atoms. The van der Waals surface area contributed by atoms with Crippen molar-refractivity contribution in [3.63, 3.8) is 0 Å². The van der Waals surface area contributed by atoms with Crippen LogP contribution in [0.25, 0.3) is 11.0 Å². The number of H-pyrrole nitrogens is 1. The van der Waals surface area contributed by atoms with Gasteiger partial charge in [0.1, 0.15) is 5.65 Å². The Morgan fingerprint density at radius 1 is 1.47 bits per heavy atom. The predicted molar refractivity (Wildman–Crippen MR) is 82.5 cm³/mol. The van der Waals surface area contributed by atoms with Gasteiger partial charge in [-0.15, -0.1) is 0 Å². The lowest BCUT2D eigenvalue weighted by molar-refractivity contribution is 1.20. The van der Waals surface area contributed by atoms with Crippen LogP contribution in [0.4, 0.5) is 0 Å². The van der Waals surface area contributed by atoms with Gasteiger partial charge in [-0.1, -0.05) is 42.0 Å². The van der Waals surface area contributed by atoms with Gasteiger partial charge in [0, 0.05) is 17.8 Å². The second-order valence-corrected chi connectivity index (χ2v) is 5.02. The number of nitrogens with one attached hydrogen (secondary N) is 1. The van der Waals surface area contributed by atoms with Crippen LogP contribution in [0, 0.1) is 0 Å². The van der Waals surface area contributed by atoms with E-state index in [2.05, 4.69) is 28.7 Å². The summed E-state index contributed by atoms with van der Waals surface area (Å²) in [7, 11) is 0. The van der Waals surface area contributed by atoms with Crippen molar-refractivity contribution in [1.82, 2.24) is 9.97 Å². The molecule has 0 spiro atoms. The first-order chi connectivity index (χ1) is 9.10. The number of halogens is 1. The Bertz CT molecular complexity index is 662. The molecule has 0 aliphatic heterocycles. The van der Waals surface area contributed by atoms with Crippen LogP contribution in [0.15, 0.2) is 54.4 Å². The first-order valence-corrected chi connectivity index (χ1v) is 6.58. The summed E-state index contributed by atoms with van der Waals surface area (Å²) < 4.78 is 0. The molecule has 2 rings (SSSR count). The predicted octanol–water partition coefficient (Wildman–Crippen LogP) is 4.84. The van der Waals surface area contributed by atoms with Gasteiger partial charge in [-0.2, -0.15) is 0 Å². The quantitative estimate of drug-likeness (QED) is 0.793. The third-order valence-corrected chi connectivity index (χ3v) is 3.14. The number of hydrogen-bond donors (Lipinski definition) is 1. The summed E-state index contributed by atoms with van der Waals surface area (Å²) in [6.07, 6.45) is 10.7. The summed E-state index contributed by atoms with van der Waals surface area (Å²) >= 11 is 6.00.